The van der Waals surface area contributed by atoms with Crippen LogP contribution in [0, 0.1) is 0 Å². The van der Waals surface area contributed by atoms with E-state index in [2.05, 4.69) is 34.8 Å². The van der Waals surface area contributed by atoms with Gasteiger partial charge in [-0.3, -0.25) is 0 Å². The summed E-state index contributed by atoms with van der Waals surface area (Å²) in [4.78, 5) is 0. The van der Waals surface area contributed by atoms with E-state index in [1.165, 1.54) is 18.8 Å². The van der Waals surface area contributed by atoms with Gasteiger partial charge in [-0.2, -0.15) is 0 Å². The Morgan fingerprint density at radius 1 is 1.71 bits per heavy atom. The summed E-state index contributed by atoms with van der Waals surface area (Å²) in [6.07, 6.45) is 0. The molecule has 0 saturated carbocycles. The van der Waals surface area contributed by atoms with Crippen LogP contribution in [0.5, 0.6) is 0 Å². The summed E-state index contributed by atoms with van der Waals surface area (Å²) in [5.41, 5.74) is 0. The molecule has 1 aliphatic rings. The van der Waals surface area contributed by atoms with Crippen LogP contribution in [-0.4, -0.2) is 40.5 Å². The zero-order chi connectivity index (χ0) is 5.11. The Balaban J connectivity index is 2.12. The Morgan fingerprint density at radius 3 is 2.86 bits per heavy atom. The van der Waals surface area contributed by atoms with Crippen LogP contribution in [0.1, 0.15) is 0 Å². The van der Waals surface area contributed by atoms with Gasteiger partial charge in [0.05, 0.1) is 0 Å². The minimum absolute atomic E-state index is 0.841. The molecule has 7 heavy (non-hydrogen) atoms. The summed E-state index contributed by atoms with van der Waals surface area (Å²) in [5, 5.41) is 3.31. The van der Waals surface area contributed by atoms with Gasteiger partial charge in [0.25, 0.3) is 0 Å². The molecular weight excluding hydrogens is 101 g/mol. The van der Waals surface area contributed by atoms with Gasteiger partial charge >= 0.3 is 57.6 Å². The second-order valence-electron chi connectivity index (χ2n) is 1.89. The molecule has 0 amide bonds. The molecule has 0 bridgehead atoms. The van der Waals surface area contributed by atoms with E-state index in [0.717, 1.165) is 3.92 Å². The third-order valence-electron chi connectivity index (χ3n) is 1.11. The van der Waals surface area contributed by atoms with Gasteiger partial charge < -0.3 is 0 Å². The summed E-state index contributed by atoms with van der Waals surface area (Å²) < 4.78 is 0.841. The second kappa shape index (κ2) is 3.04. The monoisotopic (exact) mass is 109 g/mol. The molecule has 1 unspecified atom stereocenters. The summed E-state index contributed by atoms with van der Waals surface area (Å²) in [6.45, 7) is 2.40. The fourth-order valence-electron chi connectivity index (χ4n) is 0.697. The van der Waals surface area contributed by atoms with Gasteiger partial charge in [0.2, 0.25) is 0 Å². The molecular formula is C4H8LiNS. The normalized spacial score (nSPS) is 33.1. The van der Waals surface area contributed by atoms with Gasteiger partial charge in [0.1, 0.15) is 0 Å². The van der Waals surface area contributed by atoms with E-state index in [4.69, 9.17) is 0 Å². The molecule has 0 aromatic heterocycles. The van der Waals surface area contributed by atoms with Crippen molar-refractivity contribution < 1.29 is 0 Å². The van der Waals surface area contributed by atoms with Gasteiger partial charge in [-0.25, -0.2) is 0 Å². The van der Waals surface area contributed by atoms with Crippen LogP contribution in [0.15, 0.2) is 0 Å². The van der Waals surface area contributed by atoms with E-state index in [1.807, 2.05) is 0 Å². The topological polar surface area (TPSA) is 12.0 Å². The minimum atomic E-state index is 0.841. The number of nitrogens with one attached hydrogen (secondary N) is 1. The molecule has 0 spiro atoms. The van der Waals surface area contributed by atoms with Crippen molar-refractivity contribution in [3.05, 3.63) is 0 Å². The molecule has 1 rings (SSSR count). The predicted molar refractivity (Wildman–Crippen MR) is 34.9 cm³/mol. The van der Waals surface area contributed by atoms with Gasteiger partial charge in [-0.05, 0) is 0 Å². The van der Waals surface area contributed by atoms with E-state index in [-0.39, 0.29) is 0 Å². The van der Waals surface area contributed by atoms with Crippen molar-refractivity contribution in [2.75, 3.05) is 18.8 Å². The van der Waals surface area contributed by atoms with Crippen LogP contribution in [0.4, 0.5) is 0 Å². The van der Waals surface area contributed by atoms with Gasteiger partial charge in [-0.15, -0.1) is 0 Å². The SMILES string of the molecule is [Li][CH]1CNCCS1. The third kappa shape index (κ3) is 2.10. The molecule has 0 aliphatic carbocycles. The average Bonchev–Trinajstić information content (AvgIpc) is 1.69. The van der Waals surface area contributed by atoms with Crippen LogP contribution >= 0.6 is 11.8 Å². The first-order chi connectivity index (χ1) is 3.39. The Bertz CT molecular complexity index is 53.7. The van der Waals surface area contributed by atoms with Gasteiger partial charge in [0.15, 0.2) is 0 Å². The van der Waals surface area contributed by atoms with E-state index in [9.17, 15) is 0 Å². The number of rotatable bonds is 0. The first-order valence-corrected chi connectivity index (χ1v) is 3.77. The first kappa shape index (κ1) is 6.03. The van der Waals surface area contributed by atoms with Crippen molar-refractivity contribution in [3.8, 4) is 0 Å². The summed E-state index contributed by atoms with van der Waals surface area (Å²) in [5.74, 6) is 1.29. The van der Waals surface area contributed by atoms with Crippen LogP contribution in [0.2, 0.25) is 0 Å². The zero-order valence-corrected chi connectivity index (χ0v) is 5.42. The molecule has 1 fully saturated rings. The molecule has 1 N–H and O–H groups in total. The number of thioether (sulfide) groups is 1. The van der Waals surface area contributed by atoms with E-state index >= 15 is 0 Å². The fourth-order valence-corrected chi connectivity index (χ4v) is 1.60. The Kier molecular flexibility index (Phi) is 2.62. The van der Waals surface area contributed by atoms with Crippen molar-refractivity contribution in [2.45, 2.75) is 3.92 Å². The van der Waals surface area contributed by atoms with Crippen molar-refractivity contribution in [1.82, 2.24) is 5.32 Å². The quantitative estimate of drug-likeness (QED) is 0.433. The maximum absolute atomic E-state index is 3.31. The van der Waals surface area contributed by atoms with Gasteiger partial charge in [-0.1, -0.05) is 0 Å². The van der Waals surface area contributed by atoms with E-state index < -0.39 is 0 Å². The van der Waals surface area contributed by atoms with Crippen LogP contribution in [0.3, 0.4) is 0 Å². The van der Waals surface area contributed by atoms with Crippen molar-refractivity contribution in [1.29, 1.82) is 0 Å². The Hall–Kier alpha value is 0.907. The number of hydrogen-bond acceptors (Lipinski definition) is 2. The molecule has 1 atom stereocenters. The molecule has 0 aromatic rings. The predicted octanol–water partition coefficient (Wildman–Crippen LogP) is -0.183. The summed E-state index contributed by atoms with van der Waals surface area (Å²) in [6, 6.07) is 0. The summed E-state index contributed by atoms with van der Waals surface area (Å²) in [7, 11) is 0. The third-order valence-corrected chi connectivity index (χ3v) is 2.29. The van der Waals surface area contributed by atoms with Crippen molar-refractivity contribution >= 4 is 29.5 Å². The zero-order valence-electron chi connectivity index (χ0n) is 4.61. The Morgan fingerprint density at radius 2 is 2.57 bits per heavy atom. The summed E-state index contributed by atoms with van der Waals surface area (Å²) >= 11 is 4.32. The fraction of sp³-hybridized carbons (Fsp3) is 1.00. The molecule has 1 nitrogen and oxygen atoms in total. The van der Waals surface area contributed by atoms with E-state index in [0.29, 0.717) is 0 Å². The molecule has 0 aromatic carbocycles. The van der Waals surface area contributed by atoms with Crippen LogP contribution in [0.25, 0.3) is 0 Å². The molecule has 1 heterocycles. The van der Waals surface area contributed by atoms with Crippen molar-refractivity contribution in [2.24, 2.45) is 0 Å². The maximum atomic E-state index is 3.31. The van der Waals surface area contributed by atoms with Crippen LogP contribution < -0.4 is 5.32 Å². The average molecular weight is 109 g/mol. The molecule has 0 radical (unpaired) electrons. The molecule has 36 valence electrons. The molecule has 3 heteroatoms. The number of hydrogen-bond donors (Lipinski definition) is 1. The Labute approximate surface area is 57.8 Å². The molecule has 1 aliphatic heterocycles. The molecule has 1 saturated heterocycles. The first-order valence-electron chi connectivity index (χ1n) is 2.72. The second-order valence-corrected chi connectivity index (χ2v) is 3.43. The van der Waals surface area contributed by atoms with E-state index in [1.54, 1.807) is 0 Å². The van der Waals surface area contributed by atoms with Gasteiger partial charge in [0, 0.05) is 0 Å². The van der Waals surface area contributed by atoms with Crippen LogP contribution in [-0.2, 0) is 0 Å². The van der Waals surface area contributed by atoms with Crippen molar-refractivity contribution in [3.63, 3.8) is 0 Å². The standard InChI is InChI=1S/C4H8NS.Li/c1-3-6-4-2-5-1;/h3,5H,1-2,4H2;.